The molecular weight excluding hydrogens is 240 g/mol. The largest absolute Gasteiger partial charge is 0.223 e. The minimum Gasteiger partial charge on any atom is -0.223 e. The molecule has 0 fully saturated rings. The molecule has 0 aliphatic rings. The highest BCUT2D eigenvalue weighted by Crippen LogP contribution is 2.21. The van der Waals surface area contributed by atoms with Gasteiger partial charge in [0.05, 0.1) is 10.6 Å². The molecule has 0 aliphatic carbocycles. The van der Waals surface area contributed by atoms with Crippen molar-refractivity contribution in [1.29, 1.82) is 0 Å². The predicted octanol–water partition coefficient (Wildman–Crippen LogP) is 3.03. The minimum absolute atomic E-state index is 0.0928. The molecule has 0 amide bonds. The Hall–Kier alpha value is -1.13. The molecule has 2 aromatic rings. The second-order valence-corrected chi connectivity index (χ2v) is 6.59. The molecule has 4 heteroatoms. The molecule has 0 saturated carbocycles. The van der Waals surface area contributed by atoms with Crippen LogP contribution in [0.25, 0.3) is 0 Å². The molecule has 1 aromatic carbocycles. The molecule has 0 aliphatic heterocycles. The van der Waals surface area contributed by atoms with Crippen molar-refractivity contribution in [3.63, 3.8) is 0 Å². The van der Waals surface area contributed by atoms with E-state index in [4.69, 9.17) is 0 Å². The predicted molar refractivity (Wildman–Crippen MR) is 66.4 cm³/mol. The molecular formula is C12H12O2S2. The average Bonchev–Trinajstić information content (AvgIpc) is 2.70. The maximum Gasteiger partial charge on any atom is 0.183 e. The molecule has 0 saturated heterocycles. The quantitative estimate of drug-likeness (QED) is 0.841. The molecule has 0 bridgehead atoms. The zero-order valence-electron chi connectivity index (χ0n) is 8.88. The molecule has 16 heavy (non-hydrogen) atoms. The Labute approximate surface area is 99.5 Å². The molecule has 1 heterocycles. The first-order chi connectivity index (χ1) is 7.59. The van der Waals surface area contributed by atoms with E-state index in [-0.39, 0.29) is 5.75 Å². The van der Waals surface area contributed by atoms with E-state index >= 15 is 0 Å². The molecule has 84 valence electrons. The highest BCUT2D eigenvalue weighted by molar-refractivity contribution is 7.90. The summed E-state index contributed by atoms with van der Waals surface area (Å²) in [6.07, 6.45) is 0. The van der Waals surface area contributed by atoms with Crippen LogP contribution in [0.4, 0.5) is 0 Å². The van der Waals surface area contributed by atoms with Gasteiger partial charge < -0.3 is 0 Å². The molecule has 2 nitrogen and oxygen atoms in total. The van der Waals surface area contributed by atoms with E-state index in [0.717, 1.165) is 10.4 Å². The third kappa shape index (κ3) is 2.33. The van der Waals surface area contributed by atoms with Crippen LogP contribution in [0.3, 0.4) is 0 Å². The first-order valence-corrected chi connectivity index (χ1v) is 7.43. The van der Waals surface area contributed by atoms with Crippen molar-refractivity contribution in [2.24, 2.45) is 0 Å². The van der Waals surface area contributed by atoms with Crippen molar-refractivity contribution >= 4 is 21.2 Å². The molecule has 1 aromatic heterocycles. The molecule has 0 unspecified atom stereocenters. The standard InChI is InChI=1S/C12H12O2S2/c1-10-5-2-3-7-12(10)16(13,14)9-11-6-4-8-15-11/h2-8H,9H2,1H3. The van der Waals surface area contributed by atoms with Crippen molar-refractivity contribution in [2.75, 3.05) is 0 Å². The van der Waals surface area contributed by atoms with Gasteiger partial charge >= 0.3 is 0 Å². The maximum atomic E-state index is 12.1. The fraction of sp³-hybridized carbons (Fsp3) is 0.167. The number of aryl methyl sites for hydroxylation is 1. The summed E-state index contributed by atoms with van der Waals surface area (Å²) in [5.74, 6) is 0.0928. The number of hydrogen-bond donors (Lipinski definition) is 0. The third-order valence-corrected chi connectivity index (χ3v) is 5.22. The van der Waals surface area contributed by atoms with Gasteiger partial charge in [-0.2, -0.15) is 0 Å². The van der Waals surface area contributed by atoms with Crippen LogP contribution in [-0.4, -0.2) is 8.42 Å². The Bertz CT molecular complexity index is 569. The lowest BCUT2D eigenvalue weighted by molar-refractivity contribution is 0.595. The summed E-state index contributed by atoms with van der Waals surface area (Å²) in [6.45, 7) is 1.82. The average molecular weight is 252 g/mol. The van der Waals surface area contributed by atoms with Gasteiger partial charge in [-0.1, -0.05) is 24.3 Å². The van der Waals surface area contributed by atoms with Gasteiger partial charge in [-0.05, 0) is 30.0 Å². The van der Waals surface area contributed by atoms with Gasteiger partial charge in [0, 0.05) is 4.88 Å². The fourth-order valence-electron chi connectivity index (χ4n) is 1.57. The fourth-order valence-corrected chi connectivity index (χ4v) is 4.26. The highest BCUT2D eigenvalue weighted by atomic mass is 32.2. The zero-order valence-corrected chi connectivity index (χ0v) is 10.5. The van der Waals surface area contributed by atoms with E-state index in [1.165, 1.54) is 11.3 Å². The van der Waals surface area contributed by atoms with E-state index in [2.05, 4.69) is 0 Å². The van der Waals surface area contributed by atoms with Crippen LogP contribution < -0.4 is 0 Å². The molecule has 0 radical (unpaired) electrons. The molecule has 0 spiro atoms. The maximum absolute atomic E-state index is 12.1. The summed E-state index contributed by atoms with van der Waals surface area (Å²) in [6, 6.07) is 10.8. The normalized spacial score (nSPS) is 11.6. The van der Waals surface area contributed by atoms with Gasteiger partial charge in [-0.3, -0.25) is 0 Å². The van der Waals surface area contributed by atoms with Crippen molar-refractivity contribution in [3.05, 3.63) is 52.2 Å². The van der Waals surface area contributed by atoms with Crippen LogP contribution in [0.15, 0.2) is 46.7 Å². The summed E-state index contributed by atoms with van der Waals surface area (Å²) in [4.78, 5) is 1.31. The van der Waals surface area contributed by atoms with Crippen molar-refractivity contribution in [2.45, 2.75) is 17.6 Å². The molecule has 0 atom stereocenters. The topological polar surface area (TPSA) is 34.1 Å². The van der Waals surface area contributed by atoms with Crippen LogP contribution >= 0.6 is 11.3 Å². The van der Waals surface area contributed by atoms with Crippen LogP contribution in [0.2, 0.25) is 0 Å². The Balaban J connectivity index is 2.37. The smallest absolute Gasteiger partial charge is 0.183 e. The van der Waals surface area contributed by atoms with Crippen LogP contribution in [0.1, 0.15) is 10.4 Å². The van der Waals surface area contributed by atoms with E-state index in [9.17, 15) is 8.42 Å². The third-order valence-electron chi connectivity index (χ3n) is 2.34. The van der Waals surface area contributed by atoms with Gasteiger partial charge in [-0.25, -0.2) is 8.42 Å². The first kappa shape index (κ1) is 11.4. The molecule has 2 rings (SSSR count). The van der Waals surface area contributed by atoms with Crippen LogP contribution in [0, 0.1) is 6.92 Å². The number of hydrogen-bond acceptors (Lipinski definition) is 3. The van der Waals surface area contributed by atoms with Crippen molar-refractivity contribution < 1.29 is 8.42 Å². The van der Waals surface area contributed by atoms with Crippen molar-refractivity contribution in [3.8, 4) is 0 Å². The van der Waals surface area contributed by atoms with Gasteiger partial charge in [0.1, 0.15) is 0 Å². The summed E-state index contributed by atoms with van der Waals surface area (Å²) in [5, 5.41) is 1.89. The second kappa shape index (κ2) is 4.39. The van der Waals surface area contributed by atoms with E-state index in [1.807, 2.05) is 36.6 Å². The number of rotatable bonds is 3. The lowest BCUT2D eigenvalue weighted by Crippen LogP contribution is -2.05. The van der Waals surface area contributed by atoms with Gasteiger partial charge in [0.15, 0.2) is 9.84 Å². The monoisotopic (exact) mass is 252 g/mol. The summed E-state index contributed by atoms with van der Waals surface area (Å²) < 4.78 is 24.3. The van der Waals surface area contributed by atoms with E-state index in [0.29, 0.717) is 4.90 Å². The Morgan fingerprint density at radius 2 is 1.88 bits per heavy atom. The van der Waals surface area contributed by atoms with E-state index in [1.54, 1.807) is 12.1 Å². The second-order valence-electron chi connectivity index (χ2n) is 3.60. The van der Waals surface area contributed by atoms with Crippen LogP contribution in [-0.2, 0) is 15.6 Å². The summed E-state index contributed by atoms with van der Waals surface area (Å²) >= 11 is 1.47. The number of thiophene rings is 1. The zero-order chi connectivity index (χ0) is 11.6. The SMILES string of the molecule is Cc1ccccc1S(=O)(=O)Cc1cccs1. The minimum atomic E-state index is -3.20. The lowest BCUT2D eigenvalue weighted by atomic mass is 10.2. The van der Waals surface area contributed by atoms with E-state index < -0.39 is 9.84 Å². The van der Waals surface area contributed by atoms with Gasteiger partial charge in [0.2, 0.25) is 0 Å². The highest BCUT2D eigenvalue weighted by Gasteiger charge is 2.17. The van der Waals surface area contributed by atoms with Gasteiger partial charge in [0.25, 0.3) is 0 Å². The number of benzene rings is 1. The Morgan fingerprint density at radius 3 is 2.50 bits per heavy atom. The van der Waals surface area contributed by atoms with Crippen molar-refractivity contribution in [1.82, 2.24) is 0 Å². The van der Waals surface area contributed by atoms with Crippen LogP contribution in [0.5, 0.6) is 0 Å². The van der Waals surface area contributed by atoms with Gasteiger partial charge in [-0.15, -0.1) is 11.3 Å². The first-order valence-electron chi connectivity index (χ1n) is 4.90. The lowest BCUT2D eigenvalue weighted by Gasteiger charge is -2.05. The molecule has 0 N–H and O–H groups in total. The Morgan fingerprint density at radius 1 is 1.12 bits per heavy atom. The summed E-state index contributed by atoms with van der Waals surface area (Å²) in [5.41, 5.74) is 0.805. The number of sulfone groups is 1. The Kier molecular flexibility index (Phi) is 3.12. The summed E-state index contributed by atoms with van der Waals surface area (Å²) in [7, 11) is -3.20.